The Morgan fingerprint density at radius 2 is 1.77 bits per heavy atom. The third-order valence-electron chi connectivity index (χ3n) is 2.81. The Hall–Kier alpha value is -2.11. The predicted molar refractivity (Wildman–Crippen MR) is 81.9 cm³/mol. The number of nitrogens with two attached hydrogens (primary N) is 1. The van der Waals surface area contributed by atoms with Gasteiger partial charge >= 0.3 is 5.97 Å². The summed E-state index contributed by atoms with van der Waals surface area (Å²) in [5.41, 5.74) is 5.89. The van der Waals surface area contributed by atoms with E-state index in [0.717, 1.165) is 12.1 Å². The van der Waals surface area contributed by atoms with Crippen molar-refractivity contribution >= 4 is 40.6 Å². The molecule has 0 aromatic heterocycles. The fourth-order valence-corrected chi connectivity index (χ4v) is 2.18. The summed E-state index contributed by atoms with van der Waals surface area (Å²) in [6.45, 7) is -0.506. The third kappa shape index (κ3) is 3.75. The molecule has 0 bridgehead atoms. The standard InChI is InChI=1S/C15H10Cl2FNO3/c16-9-5-11(14(19)12(17)6-9)15(21)22-7-13(20)8-1-3-10(18)4-2-8/h1-6H,7,19H2. The molecule has 4 nitrogen and oxygen atoms in total. The summed E-state index contributed by atoms with van der Waals surface area (Å²) >= 11 is 11.6. The van der Waals surface area contributed by atoms with E-state index >= 15 is 0 Å². The summed E-state index contributed by atoms with van der Waals surface area (Å²) in [5, 5.41) is 0.334. The number of ether oxygens (including phenoxy) is 1. The van der Waals surface area contributed by atoms with Gasteiger partial charge in [0.15, 0.2) is 12.4 Å². The van der Waals surface area contributed by atoms with E-state index in [1.165, 1.54) is 24.3 Å². The molecule has 0 fully saturated rings. The minimum atomic E-state index is -0.822. The van der Waals surface area contributed by atoms with Crippen molar-refractivity contribution < 1.29 is 18.7 Å². The number of anilines is 1. The van der Waals surface area contributed by atoms with Gasteiger partial charge in [-0.15, -0.1) is 0 Å². The number of carbonyl (C=O) groups is 2. The van der Waals surface area contributed by atoms with Gasteiger partial charge < -0.3 is 10.5 Å². The molecule has 7 heteroatoms. The smallest absolute Gasteiger partial charge is 0.340 e. The van der Waals surface area contributed by atoms with E-state index in [4.69, 9.17) is 33.7 Å². The number of rotatable bonds is 4. The molecule has 2 rings (SSSR count). The monoisotopic (exact) mass is 341 g/mol. The van der Waals surface area contributed by atoms with Gasteiger partial charge in [0.25, 0.3) is 0 Å². The van der Waals surface area contributed by atoms with Crippen molar-refractivity contribution in [2.45, 2.75) is 0 Å². The summed E-state index contributed by atoms with van der Waals surface area (Å²) in [6.07, 6.45) is 0. The van der Waals surface area contributed by atoms with Gasteiger partial charge in [-0.2, -0.15) is 0 Å². The van der Waals surface area contributed by atoms with E-state index in [1.807, 2.05) is 0 Å². The number of hydrogen-bond donors (Lipinski definition) is 1. The molecule has 0 unspecified atom stereocenters. The molecule has 0 aliphatic carbocycles. The van der Waals surface area contributed by atoms with Gasteiger partial charge in [-0.3, -0.25) is 4.79 Å². The van der Waals surface area contributed by atoms with Crippen molar-refractivity contribution in [2.75, 3.05) is 12.3 Å². The number of Topliss-reactive ketones (excluding diaryl/α,β-unsaturated/α-hetero) is 1. The van der Waals surface area contributed by atoms with Crippen LogP contribution in [-0.2, 0) is 4.74 Å². The average molecular weight is 342 g/mol. The first-order valence-corrected chi connectivity index (χ1v) is 6.84. The first-order chi connectivity index (χ1) is 10.4. The summed E-state index contributed by atoms with van der Waals surface area (Å²) in [6, 6.07) is 7.58. The normalized spacial score (nSPS) is 10.3. The van der Waals surface area contributed by atoms with Crippen molar-refractivity contribution in [2.24, 2.45) is 0 Å². The van der Waals surface area contributed by atoms with E-state index in [-0.39, 0.29) is 26.9 Å². The van der Waals surface area contributed by atoms with E-state index in [2.05, 4.69) is 0 Å². The van der Waals surface area contributed by atoms with Gasteiger partial charge in [-0.1, -0.05) is 23.2 Å². The number of nitrogen functional groups attached to an aromatic ring is 1. The van der Waals surface area contributed by atoms with Crippen LogP contribution in [0.25, 0.3) is 0 Å². The lowest BCUT2D eigenvalue weighted by Gasteiger charge is -2.08. The van der Waals surface area contributed by atoms with Gasteiger partial charge in [0.05, 0.1) is 16.3 Å². The van der Waals surface area contributed by atoms with Crippen molar-refractivity contribution in [3.63, 3.8) is 0 Å². The van der Waals surface area contributed by atoms with E-state index < -0.39 is 24.2 Å². The number of carbonyl (C=O) groups excluding carboxylic acids is 2. The second-order valence-electron chi connectivity index (χ2n) is 4.36. The highest BCUT2D eigenvalue weighted by atomic mass is 35.5. The molecular weight excluding hydrogens is 332 g/mol. The minimum absolute atomic E-state index is 0.0188. The van der Waals surface area contributed by atoms with Crippen molar-refractivity contribution in [3.05, 3.63) is 63.4 Å². The van der Waals surface area contributed by atoms with Crippen LogP contribution in [0, 0.1) is 5.82 Å². The molecule has 2 N–H and O–H groups in total. The number of benzene rings is 2. The molecule has 0 atom stereocenters. The Morgan fingerprint density at radius 1 is 1.14 bits per heavy atom. The van der Waals surface area contributed by atoms with Crippen LogP contribution in [0.15, 0.2) is 36.4 Å². The molecule has 0 spiro atoms. The van der Waals surface area contributed by atoms with Crippen LogP contribution in [0.3, 0.4) is 0 Å². The van der Waals surface area contributed by atoms with Crippen LogP contribution in [0.2, 0.25) is 10.0 Å². The van der Waals surface area contributed by atoms with E-state index in [9.17, 15) is 14.0 Å². The Labute approximate surface area is 135 Å². The van der Waals surface area contributed by atoms with Crippen molar-refractivity contribution in [1.82, 2.24) is 0 Å². The highest BCUT2D eigenvalue weighted by molar-refractivity contribution is 6.37. The van der Waals surface area contributed by atoms with Gasteiger partial charge in [-0.25, -0.2) is 9.18 Å². The van der Waals surface area contributed by atoms with Crippen LogP contribution < -0.4 is 5.73 Å². The molecule has 0 aliphatic rings. The molecule has 2 aromatic rings. The molecule has 0 amide bonds. The van der Waals surface area contributed by atoms with Crippen LogP contribution in [0.1, 0.15) is 20.7 Å². The van der Waals surface area contributed by atoms with E-state index in [0.29, 0.717) is 0 Å². The number of halogens is 3. The van der Waals surface area contributed by atoms with Crippen LogP contribution in [0.4, 0.5) is 10.1 Å². The maximum Gasteiger partial charge on any atom is 0.340 e. The topological polar surface area (TPSA) is 69.4 Å². The van der Waals surface area contributed by atoms with E-state index in [1.54, 1.807) is 0 Å². The Morgan fingerprint density at radius 3 is 2.41 bits per heavy atom. The molecule has 0 aliphatic heterocycles. The molecule has 0 radical (unpaired) electrons. The summed E-state index contributed by atoms with van der Waals surface area (Å²) in [5.74, 6) is -1.76. The number of esters is 1. The zero-order chi connectivity index (χ0) is 16.3. The van der Waals surface area contributed by atoms with Gasteiger partial charge in [0, 0.05) is 10.6 Å². The van der Waals surface area contributed by atoms with Gasteiger partial charge in [-0.05, 0) is 36.4 Å². The average Bonchev–Trinajstić information content (AvgIpc) is 2.48. The zero-order valence-electron chi connectivity index (χ0n) is 11.1. The fourth-order valence-electron chi connectivity index (χ4n) is 1.68. The maximum absolute atomic E-state index is 12.8. The number of hydrogen-bond acceptors (Lipinski definition) is 4. The Kier molecular flexibility index (Phi) is 5.00. The quantitative estimate of drug-likeness (QED) is 0.522. The Bertz CT molecular complexity index is 732. The molecular formula is C15H10Cl2FNO3. The second-order valence-corrected chi connectivity index (χ2v) is 5.20. The highest BCUT2D eigenvalue weighted by Crippen LogP contribution is 2.28. The lowest BCUT2D eigenvalue weighted by atomic mass is 10.1. The lowest BCUT2D eigenvalue weighted by molar-refractivity contribution is 0.0476. The van der Waals surface area contributed by atoms with Crippen molar-refractivity contribution in [3.8, 4) is 0 Å². The largest absolute Gasteiger partial charge is 0.454 e. The van der Waals surface area contributed by atoms with Crippen LogP contribution in [-0.4, -0.2) is 18.4 Å². The molecule has 2 aromatic carbocycles. The molecule has 114 valence electrons. The predicted octanol–water partition coefficient (Wildman–Crippen LogP) is 3.75. The van der Waals surface area contributed by atoms with Crippen LogP contribution >= 0.6 is 23.2 Å². The number of ketones is 1. The SMILES string of the molecule is Nc1c(Cl)cc(Cl)cc1C(=O)OCC(=O)c1ccc(F)cc1. The molecule has 0 heterocycles. The summed E-state index contributed by atoms with van der Waals surface area (Å²) in [7, 11) is 0. The highest BCUT2D eigenvalue weighted by Gasteiger charge is 2.17. The minimum Gasteiger partial charge on any atom is -0.454 e. The Balaban J connectivity index is 2.07. The second kappa shape index (κ2) is 6.77. The van der Waals surface area contributed by atoms with Crippen molar-refractivity contribution in [1.29, 1.82) is 0 Å². The van der Waals surface area contributed by atoms with Crippen LogP contribution in [0.5, 0.6) is 0 Å². The van der Waals surface area contributed by atoms with Gasteiger partial charge in [0.1, 0.15) is 5.82 Å². The van der Waals surface area contributed by atoms with Gasteiger partial charge in [0.2, 0.25) is 0 Å². The molecule has 22 heavy (non-hydrogen) atoms. The zero-order valence-corrected chi connectivity index (χ0v) is 12.6. The lowest BCUT2D eigenvalue weighted by Crippen LogP contribution is -2.15. The molecule has 0 saturated heterocycles. The third-order valence-corrected chi connectivity index (χ3v) is 3.35. The maximum atomic E-state index is 12.8. The fraction of sp³-hybridized carbons (Fsp3) is 0.0667. The summed E-state index contributed by atoms with van der Waals surface area (Å²) < 4.78 is 17.7. The summed E-state index contributed by atoms with van der Waals surface area (Å²) in [4.78, 5) is 23.8. The molecule has 0 saturated carbocycles. The first-order valence-electron chi connectivity index (χ1n) is 6.09. The first kappa shape index (κ1) is 16.3.